The fourth-order valence-corrected chi connectivity index (χ4v) is 6.49. The van der Waals surface area contributed by atoms with E-state index < -0.39 is 26.0 Å². The van der Waals surface area contributed by atoms with E-state index >= 15 is 0 Å². The van der Waals surface area contributed by atoms with Crippen molar-refractivity contribution in [3.63, 3.8) is 0 Å². The fraction of sp³-hybridized carbons (Fsp3) is 0.316. The number of halogens is 1. The Morgan fingerprint density at radius 2 is 1.40 bits per heavy atom. The number of carbonyl (C=O) groups excluding carboxylic acids is 1. The van der Waals surface area contributed by atoms with Crippen molar-refractivity contribution in [2.75, 3.05) is 41.1 Å². The van der Waals surface area contributed by atoms with E-state index in [2.05, 4.69) is 0 Å². The molecular formula is C19H20FN3O5S2. The molecule has 2 saturated heterocycles. The summed E-state index contributed by atoms with van der Waals surface area (Å²) in [5.41, 5.74) is 0.965. The molecule has 0 bridgehead atoms. The Labute approximate surface area is 174 Å². The maximum Gasteiger partial charge on any atom is 0.243 e. The van der Waals surface area contributed by atoms with Crippen LogP contribution in [-0.2, 0) is 24.8 Å². The number of amides is 1. The highest BCUT2D eigenvalue weighted by atomic mass is 32.2. The van der Waals surface area contributed by atoms with Gasteiger partial charge in [0, 0.05) is 38.3 Å². The third kappa shape index (κ3) is 3.80. The minimum Gasteiger partial charge on any atom is -0.369 e. The second-order valence-electron chi connectivity index (χ2n) is 7.09. The Bertz CT molecular complexity index is 1160. The van der Waals surface area contributed by atoms with Crippen LogP contribution < -0.4 is 9.21 Å². The van der Waals surface area contributed by atoms with E-state index in [1.54, 1.807) is 12.1 Å². The van der Waals surface area contributed by atoms with Gasteiger partial charge in [-0.2, -0.15) is 4.31 Å². The van der Waals surface area contributed by atoms with Gasteiger partial charge in [0.05, 0.1) is 16.3 Å². The highest BCUT2D eigenvalue weighted by Gasteiger charge is 2.36. The lowest BCUT2D eigenvalue weighted by molar-refractivity contribution is -0.116. The average Bonchev–Trinajstić information content (AvgIpc) is 3.01. The van der Waals surface area contributed by atoms with E-state index in [-0.39, 0.29) is 41.7 Å². The summed E-state index contributed by atoms with van der Waals surface area (Å²) >= 11 is 0. The van der Waals surface area contributed by atoms with Crippen LogP contribution in [0.5, 0.6) is 0 Å². The Hall–Kier alpha value is -2.50. The highest BCUT2D eigenvalue weighted by molar-refractivity contribution is 7.94. The fourth-order valence-electron chi connectivity index (χ4n) is 3.61. The molecule has 11 heteroatoms. The van der Waals surface area contributed by atoms with Gasteiger partial charge in [0.1, 0.15) is 5.82 Å². The predicted octanol–water partition coefficient (Wildman–Crippen LogP) is 1.40. The average molecular weight is 454 g/mol. The summed E-state index contributed by atoms with van der Waals surface area (Å²) in [5, 5.41) is 0. The second-order valence-corrected chi connectivity index (χ2v) is 11.0. The van der Waals surface area contributed by atoms with Gasteiger partial charge >= 0.3 is 0 Å². The summed E-state index contributed by atoms with van der Waals surface area (Å²) in [6.45, 7) is 1.45. The topological polar surface area (TPSA) is 95.1 Å². The molecule has 2 aromatic carbocycles. The Morgan fingerprint density at radius 1 is 0.833 bits per heavy atom. The van der Waals surface area contributed by atoms with Crippen molar-refractivity contribution in [1.82, 2.24) is 4.31 Å². The van der Waals surface area contributed by atoms with E-state index in [1.165, 1.54) is 40.7 Å². The van der Waals surface area contributed by atoms with Gasteiger partial charge in [0.25, 0.3) is 0 Å². The zero-order valence-electron chi connectivity index (χ0n) is 15.9. The van der Waals surface area contributed by atoms with E-state index in [4.69, 9.17) is 0 Å². The SMILES string of the molecule is O=C1CCS(=O)(=O)N1c1ccc(S(=O)(=O)N2CCN(c3ccc(F)cc3)CC2)cc1. The van der Waals surface area contributed by atoms with Crippen LogP contribution in [0.15, 0.2) is 53.4 Å². The Kier molecular flexibility index (Phi) is 5.28. The molecule has 30 heavy (non-hydrogen) atoms. The third-order valence-electron chi connectivity index (χ3n) is 5.22. The van der Waals surface area contributed by atoms with Crippen molar-refractivity contribution < 1.29 is 26.0 Å². The molecule has 2 aromatic rings. The molecule has 4 rings (SSSR count). The standard InChI is InChI=1S/C19H20FN3O5S2/c20-15-1-3-16(4-2-15)21-10-12-22(13-11-21)30(27,28)18-7-5-17(6-8-18)23-19(24)9-14-29(23,25)26/h1-8H,9-14H2. The van der Waals surface area contributed by atoms with Crippen molar-refractivity contribution in [2.24, 2.45) is 0 Å². The lowest BCUT2D eigenvalue weighted by atomic mass is 10.2. The van der Waals surface area contributed by atoms with E-state index in [9.17, 15) is 26.0 Å². The quantitative estimate of drug-likeness (QED) is 0.695. The largest absolute Gasteiger partial charge is 0.369 e. The summed E-state index contributed by atoms with van der Waals surface area (Å²) in [7, 11) is -7.46. The molecule has 1 amide bonds. The first-order valence-electron chi connectivity index (χ1n) is 9.35. The number of rotatable bonds is 4. The summed E-state index contributed by atoms with van der Waals surface area (Å²) in [5.74, 6) is -1.10. The number of hydrogen-bond acceptors (Lipinski definition) is 6. The minimum atomic E-state index is -3.76. The molecule has 2 heterocycles. The summed E-state index contributed by atoms with van der Waals surface area (Å²) < 4.78 is 65.1. The summed E-state index contributed by atoms with van der Waals surface area (Å²) in [4.78, 5) is 13.9. The van der Waals surface area contributed by atoms with E-state index in [0.717, 1.165) is 9.99 Å². The van der Waals surface area contributed by atoms with Crippen LogP contribution in [0.3, 0.4) is 0 Å². The number of carbonyl (C=O) groups is 1. The zero-order valence-corrected chi connectivity index (χ0v) is 17.6. The number of sulfonamides is 2. The monoisotopic (exact) mass is 453 g/mol. The van der Waals surface area contributed by atoms with Gasteiger partial charge in [-0.25, -0.2) is 25.5 Å². The Balaban J connectivity index is 1.48. The van der Waals surface area contributed by atoms with Crippen molar-refractivity contribution in [3.8, 4) is 0 Å². The van der Waals surface area contributed by atoms with Gasteiger partial charge in [0.2, 0.25) is 26.0 Å². The van der Waals surface area contributed by atoms with Crippen molar-refractivity contribution in [2.45, 2.75) is 11.3 Å². The number of anilines is 2. The van der Waals surface area contributed by atoms with Crippen molar-refractivity contribution >= 4 is 37.3 Å². The van der Waals surface area contributed by atoms with Crippen LogP contribution in [-0.4, -0.2) is 59.0 Å². The molecule has 160 valence electrons. The first-order valence-corrected chi connectivity index (χ1v) is 12.4. The van der Waals surface area contributed by atoms with Gasteiger partial charge in [-0.15, -0.1) is 0 Å². The molecule has 0 aromatic heterocycles. The van der Waals surface area contributed by atoms with Gasteiger partial charge in [-0.1, -0.05) is 0 Å². The lowest BCUT2D eigenvalue weighted by Gasteiger charge is -2.35. The summed E-state index contributed by atoms with van der Waals surface area (Å²) in [6, 6.07) is 11.4. The van der Waals surface area contributed by atoms with Crippen LogP contribution in [0.2, 0.25) is 0 Å². The predicted molar refractivity (Wildman–Crippen MR) is 110 cm³/mol. The maximum absolute atomic E-state index is 13.1. The molecule has 0 atom stereocenters. The first kappa shape index (κ1) is 20.8. The highest BCUT2D eigenvalue weighted by Crippen LogP contribution is 2.28. The van der Waals surface area contributed by atoms with E-state index in [1.807, 2.05) is 4.90 Å². The molecule has 0 radical (unpaired) electrons. The molecule has 8 nitrogen and oxygen atoms in total. The lowest BCUT2D eigenvalue weighted by Crippen LogP contribution is -2.48. The van der Waals surface area contributed by atoms with Gasteiger partial charge in [-0.3, -0.25) is 4.79 Å². The van der Waals surface area contributed by atoms with Crippen molar-refractivity contribution in [1.29, 1.82) is 0 Å². The number of benzene rings is 2. The number of nitrogens with zero attached hydrogens (tertiary/aromatic N) is 3. The first-order chi connectivity index (χ1) is 14.2. The van der Waals surface area contributed by atoms with Crippen LogP contribution >= 0.6 is 0 Å². The number of piperazine rings is 1. The molecular weight excluding hydrogens is 433 g/mol. The zero-order chi connectivity index (χ0) is 21.5. The maximum atomic E-state index is 13.1. The van der Waals surface area contributed by atoms with Crippen molar-refractivity contribution in [3.05, 3.63) is 54.3 Å². The van der Waals surface area contributed by atoms with Crippen LogP contribution in [0.25, 0.3) is 0 Å². The molecule has 2 aliphatic rings. The Morgan fingerprint density at radius 3 is 1.93 bits per heavy atom. The minimum absolute atomic E-state index is 0.0329. The van der Waals surface area contributed by atoms with Crippen LogP contribution in [0.4, 0.5) is 15.8 Å². The van der Waals surface area contributed by atoms with Gasteiger partial charge in [-0.05, 0) is 48.5 Å². The molecule has 2 fully saturated rings. The normalized spacial score (nSPS) is 20.0. The molecule has 2 aliphatic heterocycles. The second kappa shape index (κ2) is 7.64. The molecule has 0 saturated carbocycles. The number of hydrogen-bond donors (Lipinski definition) is 0. The third-order valence-corrected chi connectivity index (χ3v) is 8.82. The molecule has 0 unspecified atom stereocenters. The smallest absolute Gasteiger partial charge is 0.243 e. The molecule has 0 spiro atoms. The molecule has 0 aliphatic carbocycles. The summed E-state index contributed by atoms with van der Waals surface area (Å²) in [6.07, 6.45) is -0.0826. The van der Waals surface area contributed by atoms with Crippen LogP contribution in [0, 0.1) is 5.82 Å². The van der Waals surface area contributed by atoms with Gasteiger partial charge in [0.15, 0.2) is 0 Å². The van der Waals surface area contributed by atoms with Crippen LogP contribution in [0.1, 0.15) is 6.42 Å². The van der Waals surface area contributed by atoms with Gasteiger partial charge < -0.3 is 4.90 Å². The van der Waals surface area contributed by atoms with E-state index in [0.29, 0.717) is 13.1 Å². The molecule has 0 N–H and O–H groups in total.